The summed E-state index contributed by atoms with van der Waals surface area (Å²) in [4.78, 5) is 0. The summed E-state index contributed by atoms with van der Waals surface area (Å²) in [6.45, 7) is 1.17. The minimum absolute atomic E-state index is 0.528. The maximum atomic E-state index is 6.03. The topological polar surface area (TPSA) is 33.3 Å². The van der Waals surface area contributed by atoms with Crippen LogP contribution >= 0.6 is 31.9 Å². The lowest BCUT2D eigenvalue weighted by atomic mass is 10.2. The molecule has 3 aromatic rings. The highest BCUT2D eigenvalue weighted by Gasteiger charge is 2.06. The van der Waals surface area contributed by atoms with Gasteiger partial charge in [0.2, 0.25) is 0 Å². The second-order valence-electron chi connectivity index (χ2n) is 5.52. The normalized spacial score (nSPS) is 10.5. The molecule has 25 heavy (non-hydrogen) atoms. The predicted octanol–water partition coefficient (Wildman–Crippen LogP) is 5.91. The molecule has 3 rings (SSSR count). The van der Waals surface area contributed by atoms with Gasteiger partial charge in [-0.3, -0.25) is 0 Å². The number of anilines is 1. The van der Waals surface area contributed by atoms with E-state index in [0.717, 1.165) is 31.5 Å². The molecule has 0 atom stereocenters. The molecule has 128 valence electrons. The van der Waals surface area contributed by atoms with Gasteiger partial charge in [0.15, 0.2) is 0 Å². The molecule has 3 nitrogen and oxygen atoms in total. The average molecular weight is 462 g/mol. The van der Waals surface area contributed by atoms with Crippen LogP contribution in [-0.4, -0.2) is 0 Å². The predicted molar refractivity (Wildman–Crippen MR) is 110 cm³/mol. The number of hydrazine groups is 1. The van der Waals surface area contributed by atoms with E-state index in [-0.39, 0.29) is 0 Å². The number of ether oxygens (including phenoxy) is 1. The van der Waals surface area contributed by atoms with Crippen molar-refractivity contribution in [2.45, 2.75) is 13.2 Å². The molecule has 2 N–H and O–H groups in total. The van der Waals surface area contributed by atoms with Crippen LogP contribution in [0, 0.1) is 0 Å². The fraction of sp³-hybridized carbons (Fsp3) is 0.100. The molecule has 0 aromatic heterocycles. The van der Waals surface area contributed by atoms with Gasteiger partial charge in [0, 0.05) is 26.7 Å². The molecule has 0 radical (unpaired) electrons. The number of hydrogen-bond donors (Lipinski definition) is 2. The zero-order valence-electron chi connectivity index (χ0n) is 13.5. The largest absolute Gasteiger partial charge is 0.489 e. The zero-order chi connectivity index (χ0) is 17.5. The SMILES string of the molecule is Brc1cccc(COc2ccc(Br)cc2CNNc2ccccc2)c1. The summed E-state index contributed by atoms with van der Waals surface area (Å²) < 4.78 is 8.11. The molecule has 0 aliphatic rings. The van der Waals surface area contributed by atoms with Crippen LogP contribution in [0.1, 0.15) is 11.1 Å². The monoisotopic (exact) mass is 460 g/mol. The van der Waals surface area contributed by atoms with Crippen molar-refractivity contribution in [3.63, 3.8) is 0 Å². The summed E-state index contributed by atoms with van der Waals surface area (Å²) >= 11 is 7.02. The highest BCUT2D eigenvalue weighted by Crippen LogP contribution is 2.24. The first-order valence-corrected chi connectivity index (χ1v) is 9.49. The number of benzene rings is 3. The fourth-order valence-corrected chi connectivity index (χ4v) is 3.23. The molecular weight excluding hydrogens is 444 g/mol. The van der Waals surface area contributed by atoms with E-state index in [1.807, 2.05) is 54.6 Å². The molecule has 0 spiro atoms. The van der Waals surface area contributed by atoms with E-state index in [0.29, 0.717) is 13.2 Å². The fourth-order valence-electron chi connectivity index (χ4n) is 2.38. The maximum Gasteiger partial charge on any atom is 0.124 e. The van der Waals surface area contributed by atoms with Crippen LogP contribution in [0.2, 0.25) is 0 Å². The Hall–Kier alpha value is -1.82. The standard InChI is InChI=1S/C20H18Br2N2O/c21-17-6-4-5-15(11-17)14-25-20-10-9-18(22)12-16(20)13-23-24-19-7-2-1-3-8-19/h1-12,23-24H,13-14H2. The van der Waals surface area contributed by atoms with Crippen molar-refractivity contribution >= 4 is 37.5 Å². The van der Waals surface area contributed by atoms with E-state index in [1.54, 1.807) is 0 Å². The highest BCUT2D eigenvalue weighted by molar-refractivity contribution is 9.10. The number of nitrogens with one attached hydrogen (secondary N) is 2. The van der Waals surface area contributed by atoms with Crippen molar-refractivity contribution in [1.82, 2.24) is 5.43 Å². The average Bonchev–Trinajstić information content (AvgIpc) is 2.62. The molecule has 0 aliphatic heterocycles. The minimum Gasteiger partial charge on any atom is -0.489 e. The van der Waals surface area contributed by atoms with Crippen LogP contribution < -0.4 is 15.6 Å². The Morgan fingerprint density at radius 3 is 2.40 bits per heavy atom. The van der Waals surface area contributed by atoms with Crippen LogP contribution in [0.3, 0.4) is 0 Å². The van der Waals surface area contributed by atoms with Crippen molar-refractivity contribution < 1.29 is 4.74 Å². The number of hydrogen-bond acceptors (Lipinski definition) is 3. The molecule has 0 saturated heterocycles. The summed E-state index contributed by atoms with van der Waals surface area (Å²) in [6.07, 6.45) is 0. The van der Waals surface area contributed by atoms with Crippen molar-refractivity contribution in [3.8, 4) is 5.75 Å². The van der Waals surface area contributed by atoms with Gasteiger partial charge in [0.05, 0.1) is 0 Å². The van der Waals surface area contributed by atoms with Gasteiger partial charge in [-0.05, 0) is 48.0 Å². The molecule has 0 bridgehead atoms. The lowest BCUT2D eigenvalue weighted by molar-refractivity contribution is 0.302. The highest BCUT2D eigenvalue weighted by atomic mass is 79.9. The van der Waals surface area contributed by atoms with Gasteiger partial charge in [-0.1, -0.05) is 62.2 Å². The van der Waals surface area contributed by atoms with Gasteiger partial charge < -0.3 is 10.2 Å². The maximum absolute atomic E-state index is 6.03. The third-order valence-corrected chi connectivity index (χ3v) is 4.58. The van der Waals surface area contributed by atoms with E-state index in [4.69, 9.17) is 4.74 Å². The summed E-state index contributed by atoms with van der Waals surface area (Å²) in [5.41, 5.74) is 9.65. The molecule has 0 amide bonds. The second kappa shape index (κ2) is 9.04. The second-order valence-corrected chi connectivity index (χ2v) is 7.35. The van der Waals surface area contributed by atoms with Gasteiger partial charge in [-0.15, -0.1) is 0 Å². The van der Waals surface area contributed by atoms with Gasteiger partial charge in [-0.25, -0.2) is 5.43 Å². The number of rotatable bonds is 7. The van der Waals surface area contributed by atoms with Crippen LogP contribution in [-0.2, 0) is 13.2 Å². The Bertz CT molecular complexity index is 825. The molecule has 3 aromatic carbocycles. The lowest BCUT2D eigenvalue weighted by Crippen LogP contribution is -2.21. The van der Waals surface area contributed by atoms with Crippen LogP contribution in [0.4, 0.5) is 5.69 Å². The molecule has 5 heteroatoms. The van der Waals surface area contributed by atoms with E-state index in [9.17, 15) is 0 Å². The van der Waals surface area contributed by atoms with Crippen molar-refractivity contribution in [3.05, 3.63) is 92.9 Å². The van der Waals surface area contributed by atoms with E-state index < -0.39 is 0 Å². The van der Waals surface area contributed by atoms with E-state index in [2.05, 4.69) is 60.9 Å². The van der Waals surface area contributed by atoms with Crippen LogP contribution in [0.5, 0.6) is 5.75 Å². The first-order valence-electron chi connectivity index (χ1n) is 7.90. The van der Waals surface area contributed by atoms with Crippen molar-refractivity contribution in [2.75, 3.05) is 5.43 Å². The van der Waals surface area contributed by atoms with Crippen LogP contribution in [0.15, 0.2) is 81.7 Å². The molecule has 0 unspecified atom stereocenters. The number of halogens is 2. The first kappa shape index (κ1) is 18.0. The molecule has 0 heterocycles. The third kappa shape index (κ3) is 5.59. The Labute approximate surface area is 164 Å². The quantitative estimate of drug-likeness (QED) is 0.429. The Kier molecular flexibility index (Phi) is 6.50. The Morgan fingerprint density at radius 2 is 1.60 bits per heavy atom. The number of para-hydroxylation sites is 1. The summed E-state index contributed by atoms with van der Waals surface area (Å²) in [5, 5.41) is 0. The summed E-state index contributed by atoms with van der Waals surface area (Å²) in [7, 11) is 0. The third-order valence-electron chi connectivity index (χ3n) is 3.59. The van der Waals surface area contributed by atoms with Gasteiger partial charge in [-0.2, -0.15) is 0 Å². The van der Waals surface area contributed by atoms with Crippen molar-refractivity contribution in [1.29, 1.82) is 0 Å². The van der Waals surface area contributed by atoms with Gasteiger partial charge >= 0.3 is 0 Å². The molecule has 0 fully saturated rings. The smallest absolute Gasteiger partial charge is 0.124 e. The van der Waals surface area contributed by atoms with E-state index >= 15 is 0 Å². The Balaban J connectivity index is 1.63. The zero-order valence-corrected chi connectivity index (χ0v) is 16.7. The first-order chi connectivity index (χ1) is 12.2. The minimum atomic E-state index is 0.528. The molecular formula is C20H18Br2N2O. The van der Waals surface area contributed by atoms with E-state index in [1.165, 1.54) is 0 Å². The van der Waals surface area contributed by atoms with Gasteiger partial charge in [0.25, 0.3) is 0 Å². The van der Waals surface area contributed by atoms with Gasteiger partial charge in [0.1, 0.15) is 12.4 Å². The molecule has 0 saturated carbocycles. The summed E-state index contributed by atoms with van der Waals surface area (Å²) in [6, 6.07) is 24.2. The summed E-state index contributed by atoms with van der Waals surface area (Å²) in [5.74, 6) is 0.866. The Morgan fingerprint density at radius 1 is 0.800 bits per heavy atom. The lowest BCUT2D eigenvalue weighted by Gasteiger charge is -2.14. The molecule has 0 aliphatic carbocycles. The van der Waals surface area contributed by atoms with Crippen LogP contribution in [0.25, 0.3) is 0 Å². The van der Waals surface area contributed by atoms with Crippen molar-refractivity contribution in [2.24, 2.45) is 0 Å².